The minimum Gasteiger partial charge on any atom is -0.463 e. The van der Waals surface area contributed by atoms with Crippen LogP contribution in [0.25, 0.3) is 21.6 Å². The number of carbonyl (C=O) groups is 2. The van der Waals surface area contributed by atoms with Crippen molar-refractivity contribution in [3.05, 3.63) is 27.1 Å². The third kappa shape index (κ3) is 10.5. The van der Waals surface area contributed by atoms with E-state index < -0.39 is 29.9 Å². The molecule has 3 heterocycles. The van der Waals surface area contributed by atoms with Gasteiger partial charge in [-0.25, -0.2) is 4.98 Å². The number of ether oxygens (including phenoxy) is 2. The van der Waals surface area contributed by atoms with E-state index in [2.05, 4.69) is 37.2 Å². The van der Waals surface area contributed by atoms with Gasteiger partial charge in [0.05, 0.1) is 12.4 Å². The third-order valence-corrected chi connectivity index (χ3v) is 7.36. The summed E-state index contributed by atoms with van der Waals surface area (Å²) in [6.07, 6.45) is 16.7. The maximum atomic E-state index is 12.6. The van der Waals surface area contributed by atoms with Crippen molar-refractivity contribution in [1.29, 1.82) is 0 Å². The molecule has 1 aliphatic heterocycles. The Morgan fingerprint density at radius 3 is 2.37 bits per heavy atom. The van der Waals surface area contributed by atoms with Crippen molar-refractivity contribution in [1.82, 2.24) is 19.5 Å². The molecule has 2 aromatic heterocycles. The van der Waals surface area contributed by atoms with Crippen LogP contribution in [0.15, 0.2) is 16.2 Å². The van der Waals surface area contributed by atoms with Gasteiger partial charge in [-0.2, -0.15) is 4.98 Å². The van der Waals surface area contributed by atoms with Crippen molar-refractivity contribution in [2.45, 2.75) is 129 Å². The van der Waals surface area contributed by atoms with Crippen LogP contribution in [-0.4, -0.2) is 50.1 Å². The second-order valence-corrected chi connectivity index (χ2v) is 10.7. The third-order valence-electron chi connectivity index (χ3n) is 7.36. The standard InChI is InChI=1S/C28H44N8O5/c1-3-4-5-6-7-8-9-10-11-12-13-14-15-16-23(38)31-28-32-26-25(27(39)33-28)30-19-36(26)24-17-21(34-35-29)22(41-24)18-40-20(2)37/h19,21-22,24H,3-18H2,1-2H3,(H2,31,32,33,38,39). The minimum atomic E-state index is -0.654. The van der Waals surface area contributed by atoms with Gasteiger partial charge in [0.15, 0.2) is 11.2 Å². The number of azide groups is 1. The number of rotatable bonds is 19. The van der Waals surface area contributed by atoms with E-state index in [4.69, 9.17) is 15.0 Å². The Hall–Kier alpha value is -3.44. The highest BCUT2D eigenvalue weighted by atomic mass is 16.6. The van der Waals surface area contributed by atoms with Gasteiger partial charge in [-0.05, 0) is 12.0 Å². The lowest BCUT2D eigenvalue weighted by atomic mass is 10.0. The Bertz CT molecular complexity index is 1220. The fourth-order valence-corrected chi connectivity index (χ4v) is 5.12. The number of aromatic amines is 1. The van der Waals surface area contributed by atoms with Gasteiger partial charge in [0.25, 0.3) is 5.56 Å². The molecule has 3 atom stereocenters. The lowest BCUT2D eigenvalue weighted by molar-refractivity contribution is -0.145. The van der Waals surface area contributed by atoms with Crippen molar-refractivity contribution < 1.29 is 19.1 Å². The molecule has 2 N–H and O–H groups in total. The second-order valence-electron chi connectivity index (χ2n) is 10.7. The fraction of sp³-hybridized carbons (Fsp3) is 0.750. The van der Waals surface area contributed by atoms with E-state index in [0.717, 1.165) is 19.3 Å². The van der Waals surface area contributed by atoms with E-state index in [1.807, 2.05) is 0 Å². The largest absolute Gasteiger partial charge is 0.463 e. The molecule has 0 radical (unpaired) electrons. The first-order chi connectivity index (χ1) is 19.9. The minimum absolute atomic E-state index is 0.0324. The number of carbonyl (C=O) groups excluding carboxylic acids is 2. The topological polar surface area (TPSA) is 177 Å². The number of hydrogen-bond acceptors (Lipinski definition) is 8. The van der Waals surface area contributed by atoms with Crippen LogP contribution in [0.5, 0.6) is 0 Å². The normalized spacial score (nSPS) is 18.3. The smallest absolute Gasteiger partial charge is 0.302 e. The van der Waals surface area contributed by atoms with E-state index in [1.54, 1.807) is 4.57 Å². The molecule has 0 bridgehead atoms. The molecule has 3 unspecified atom stereocenters. The summed E-state index contributed by atoms with van der Waals surface area (Å²) < 4.78 is 12.6. The maximum absolute atomic E-state index is 12.6. The summed E-state index contributed by atoms with van der Waals surface area (Å²) in [4.78, 5) is 50.3. The molecule has 1 aliphatic rings. The molecule has 1 amide bonds. The molecule has 0 aliphatic carbocycles. The Morgan fingerprint density at radius 2 is 1.76 bits per heavy atom. The monoisotopic (exact) mass is 572 g/mol. The van der Waals surface area contributed by atoms with Crippen molar-refractivity contribution in [3.63, 3.8) is 0 Å². The summed E-state index contributed by atoms with van der Waals surface area (Å²) in [6.45, 7) is 3.45. The maximum Gasteiger partial charge on any atom is 0.302 e. The number of aromatic nitrogens is 4. The van der Waals surface area contributed by atoms with Crippen LogP contribution in [0.3, 0.4) is 0 Å². The average Bonchev–Trinajstić information content (AvgIpc) is 3.54. The molecule has 41 heavy (non-hydrogen) atoms. The molecule has 1 saturated heterocycles. The Labute approximate surface area is 240 Å². The van der Waals surface area contributed by atoms with Gasteiger partial charge in [0.1, 0.15) is 18.9 Å². The number of esters is 1. The van der Waals surface area contributed by atoms with Crippen LogP contribution in [0.1, 0.15) is 116 Å². The SMILES string of the molecule is CCCCCCCCCCCCCCCC(=O)Nc1nc2c(ncn2C2CC(N=[N+]=[N-])C(COC(C)=O)O2)c(=O)[nH]1. The highest BCUT2D eigenvalue weighted by Crippen LogP contribution is 2.32. The van der Waals surface area contributed by atoms with Gasteiger partial charge in [-0.3, -0.25) is 29.3 Å². The number of fused-ring (bicyclic) bond motifs is 1. The number of hydrogen-bond donors (Lipinski definition) is 2. The van der Waals surface area contributed by atoms with E-state index >= 15 is 0 Å². The molecule has 1 fully saturated rings. The lowest BCUT2D eigenvalue weighted by Gasteiger charge is -2.16. The summed E-state index contributed by atoms with van der Waals surface area (Å²) in [5.41, 5.74) is 8.74. The van der Waals surface area contributed by atoms with Crippen LogP contribution in [-0.2, 0) is 19.1 Å². The average molecular weight is 573 g/mol. The first-order valence-corrected chi connectivity index (χ1v) is 15.0. The van der Waals surface area contributed by atoms with Crippen LogP contribution in [0.2, 0.25) is 0 Å². The number of unbranched alkanes of at least 4 members (excludes halogenated alkanes) is 12. The van der Waals surface area contributed by atoms with Gasteiger partial charge in [-0.15, -0.1) is 0 Å². The van der Waals surface area contributed by atoms with Crippen molar-refractivity contribution >= 4 is 29.0 Å². The first-order valence-electron chi connectivity index (χ1n) is 15.0. The van der Waals surface area contributed by atoms with Crippen LogP contribution in [0.4, 0.5) is 5.95 Å². The number of H-pyrrole nitrogens is 1. The van der Waals surface area contributed by atoms with Crippen LogP contribution in [0, 0.1) is 0 Å². The molecular weight excluding hydrogens is 528 g/mol. The predicted octanol–water partition coefficient (Wildman–Crippen LogP) is 6.07. The van der Waals surface area contributed by atoms with Crippen LogP contribution < -0.4 is 10.9 Å². The van der Waals surface area contributed by atoms with E-state index in [0.29, 0.717) is 6.42 Å². The number of amides is 1. The van der Waals surface area contributed by atoms with Gasteiger partial charge >= 0.3 is 5.97 Å². The van der Waals surface area contributed by atoms with Gasteiger partial charge in [-0.1, -0.05) is 89.1 Å². The zero-order chi connectivity index (χ0) is 29.5. The summed E-state index contributed by atoms with van der Waals surface area (Å²) in [7, 11) is 0. The second kappa shape index (κ2) is 17.4. The Kier molecular flexibility index (Phi) is 13.6. The zero-order valence-corrected chi connectivity index (χ0v) is 24.3. The molecule has 0 saturated carbocycles. The Morgan fingerprint density at radius 1 is 1.12 bits per heavy atom. The quantitative estimate of drug-likeness (QED) is 0.0674. The number of nitrogens with one attached hydrogen (secondary N) is 2. The Balaban J connectivity index is 1.44. The summed E-state index contributed by atoms with van der Waals surface area (Å²) in [5.74, 6) is -0.661. The number of imidazole rings is 1. The van der Waals surface area contributed by atoms with Crippen molar-refractivity contribution in [2.75, 3.05) is 11.9 Å². The highest BCUT2D eigenvalue weighted by molar-refractivity contribution is 5.89. The molecule has 3 rings (SSSR count). The highest BCUT2D eigenvalue weighted by Gasteiger charge is 2.37. The van der Waals surface area contributed by atoms with E-state index in [9.17, 15) is 14.4 Å². The lowest BCUT2D eigenvalue weighted by Crippen LogP contribution is -2.26. The van der Waals surface area contributed by atoms with E-state index in [1.165, 1.54) is 77.5 Å². The molecule has 2 aromatic rings. The van der Waals surface area contributed by atoms with Gasteiger partial charge in [0, 0.05) is 24.7 Å². The van der Waals surface area contributed by atoms with Crippen molar-refractivity contribution in [3.8, 4) is 0 Å². The fourth-order valence-electron chi connectivity index (χ4n) is 5.12. The van der Waals surface area contributed by atoms with Crippen molar-refractivity contribution in [2.24, 2.45) is 5.11 Å². The number of nitrogens with zero attached hydrogens (tertiary/aromatic N) is 6. The molecule has 0 spiro atoms. The van der Waals surface area contributed by atoms with Gasteiger partial charge < -0.3 is 9.47 Å². The summed E-state index contributed by atoms with van der Waals surface area (Å²) in [5, 5.41) is 6.44. The molecule has 226 valence electrons. The zero-order valence-electron chi connectivity index (χ0n) is 24.3. The summed E-state index contributed by atoms with van der Waals surface area (Å²) in [6, 6.07) is -0.580. The molecule has 0 aromatic carbocycles. The van der Waals surface area contributed by atoms with Gasteiger partial charge in [0.2, 0.25) is 11.9 Å². The molecule has 13 nitrogen and oxygen atoms in total. The number of anilines is 1. The van der Waals surface area contributed by atoms with E-state index in [-0.39, 0.29) is 36.0 Å². The summed E-state index contributed by atoms with van der Waals surface area (Å²) >= 11 is 0. The van der Waals surface area contributed by atoms with Crippen LogP contribution >= 0.6 is 0 Å². The predicted molar refractivity (Wildman–Crippen MR) is 155 cm³/mol. The first kappa shape index (κ1) is 32.1. The molecular formula is C28H44N8O5. The molecule has 13 heteroatoms.